The van der Waals surface area contributed by atoms with Gasteiger partial charge in [-0.2, -0.15) is 0 Å². The van der Waals surface area contributed by atoms with E-state index in [1.807, 2.05) is 0 Å². The van der Waals surface area contributed by atoms with Crippen molar-refractivity contribution in [3.8, 4) is 0 Å². The van der Waals surface area contributed by atoms with E-state index < -0.39 is 7.28 Å². The molecule has 0 radical (unpaired) electrons. The van der Waals surface area contributed by atoms with Crippen molar-refractivity contribution in [1.82, 2.24) is 0 Å². The Morgan fingerprint density at radius 3 is 0.765 bits per heavy atom. The molecule has 2 rings (SSSR count). The molecule has 0 unspecified atom stereocenters. The minimum atomic E-state index is -5.51. The molecule has 0 saturated heterocycles. The molecule has 3 nitrogen and oxygen atoms in total. The van der Waals surface area contributed by atoms with Crippen LogP contribution in [0.2, 0.25) is 0 Å². The Bertz CT molecular complexity index is 884. The van der Waals surface area contributed by atoms with Crippen molar-refractivity contribution in [1.29, 1.82) is 0 Å². The van der Waals surface area contributed by atoms with Crippen molar-refractivity contribution < 1.29 is 14.7 Å². The first-order valence-corrected chi connectivity index (χ1v) is 15.1. The molecule has 2 aromatic carbocycles. The second-order valence-corrected chi connectivity index (χ2v) is 14.9. The third-order valence-electron chi connectivity index (χ3n) is 7.03. The van der Waals surface area contributed by atoms with Gasteiger partial charge >= 0.3 is 209 Å². The maximum absolute atomic E-state index is 12.3. The van der Waals surface area contributed by atoms with Gasteiger partial charge in [-0.25, -0.2) is 0 Å². The van der Waals surface area contributed by atoms with E-state index in [1.54, 1.807) is 0 Å². The predicted octanol–water partition coefficient (Wildman–Crippen LogP) is 7.65. The Balaban J connectivity index is 3.18. The molecule has 0 saturated carbocycles. The van der Waals surface area contributed by atoms with E-state index in [1.165, 1.54) is 0 Å². The molecule has 0 atom stereocenters. The van der Waals surface area contributed by atoms with Gasteiger partial charge < -0.3 is 0 Å². The van der Waals surface area contributed by atoms with E-state index in [0.717, 1.165) is 33.4 Å². The molecule has 192 valence electrons. The van der Waals surface area contributed by atoms with Crippen LogP contribution in [0.5, 0.6) is 0 Å². The maximum atomic E-state index is 12.3. The van der Waals surface area contributed by atoms with Gasteiger partial charge in [-0.05, 0) is 0 Å². The Hall–Kier alpha value is -1.25. The van der Waals surface area contributed by atoms with E-state index in [9.17, 15) is 14.7 Å². The van der Waals surface area contributed by atoms with Crippen molar-refractivity contribution in [2.75, 3.05) is 0 Å². The van der Waals surface area contributed by atoms with Crippen LogP contribution in [0.15, 0.2) is 24.3 Å². The molecular formula is C30H49O3P. The van der Waals surface area contributed by atoms with E-state index in [2.05, 4.69) is 107 Å². The molecule has 0 fully saturated rings. The second kappa shape index (κ2) is 10.0. The van der Waals surface area contributed by atoms with Crippen LogP contribution in [0.1, 0.15) is 152 Å². The van der Waals surface area contributed by atoms with Gasteiger partial charge in [0.05, 0.1) is 0 Å². The summed E-state index contributed by atoms with van der Waals surface area (Å²) in [7, 11) is -5.51. The molecule has 0 amide bonds. The molecule has 0 bridgehead atoms. The summed E-state index contributed by atoms with van der Waals surface area (Å²) in [6, 6.07) is 8.31. The monoisotopic (exact) mass is 488 g/mol. The average molecular weight is 489 g/mol. The zero-order chi connectivity index (χ0) is 26.4. The van der Waals surface area contributed by atoms with Crippen LogP contribution < -0.4 is 10.6 Å². The van der Waals surface area contributed by atoms with Crippen molar-refractivity contribution in [2.24, 2.45) is 0 Å². The second-order valence-electron chi connectivity index (χ2n) is 12.0. The SMILES string of the molecule is CC(C)c1cc(C(C)C)c(P(O)(O)(O)c2c(C(C)C)cc(C(C)C)cc2C(C)C)c(C(C)C)c1. The molecule has 0 aliphatic carbocycles. The van der Waals surface area contributed by atoms with Gasteiger partial charge in [-0.1, -0.05) is 0 Å². The molecule has 3 N–H and O–H groups in total. The average Bonchev–Trinajstić information content (AvgIpc) is 2.70. The molecule has 2 aromatic rings. The van der Waals surface area contributed by atoms with Gasteiger partial charge in [0.2, 0.25) is 0 Å². The summed E-state index contributed by atoms with van der Waals surface area (Å²) in [5, 5.41) is 0.697. The van der Waals surface area contributed by atoms with Crippen molar-refractivity contribution in [3.05, 3.63) is 57.6 Å². The summed E-state index contributed by atoms with van der Waals surface area (Å²) < 4.78 is 0. The fourth-order valence-electron chi connectivity index (χ4n) is 4.90. The topological polar surface area (TPSA) is 60.7 Å². The molecule has 0 heterocycles. The van der Waals surface area contributed by atoms with Crippen LogP contribution in [-0.4, -0.2) is 14.7 Å². The van der Waals surface area contributed by atoms with Crippen molar-refractivity contribution in [2.45, 2.75) is 119 Å². The third kappa shape index (κ3) is 5.44. The van der Waals surface area contributed by atoms with Gasteiger partial charge in [-0.3, -0.25) is 0 Å². The fourth-order valence-corrected chi connectivity index (χ4v) is 8.31. The van der Waals surface area contributed by atoms with Gasteiger partial charge in [0.15, 0.2) is 0 Å². The Morgan fingerprint density at radius 2 is 0.618 bits per heavy atom. The molecule has 0 aromatic heterocycles. The molecule has 4 heteroatoms. The molecule has 34 heavy (non-hydrogen) atoms. The summed E-state index contributed by atoms with van der Waals surface area (Å²) in [5.74, 6) is 0.708. The first kappa shape index (κ1) is 29.0. The Kier molecular flexibility index (Phi) is 8.54. The van der Waals surface area contributed by atoms with Crippen LogP contribution in [0.4, 0.5) is 0 Å². The van der Waals surface area contributed by atoms with Crippen LogP contribution >= 0.6 is 7.28 Å². The van der Waals surface area contributed by atoms with Crippen molar-refractivity contribution in [3.63, 3.8) is 0 Å². The van der Waals surface area contributed by atoms with Gasteiger partial charge in [0, 0.05) is 0 Å². The van der Waals surface area contributed by atoms with Crippen LogP contribution in [0.25, 0.3) is 0 Å². The summed E-state index contributed by atoms with van der Waals surface area (Å²) in [5.41, 5.74) is 5.64. The standard InChI is InChI=1S/C30H49O3P/c1-17(2)23-13-25(19(5)6)29(26(14-23)20(7)8)34(31,32,33)30-27(21(9)10)15-24(18(3)4)16-28(30)22(11)12/h13-22,31-33H,1-12H3. The summed E-state index contributed by atoms with van der Waals surface area (Å²) in [6.45, 7) is 25.1. The van der Waals surface area contributed by atoms with E-state index in [4.69, 9.17) is 0 Å². The van der Waals surface area contributed by atoms with Crippen LogP contribution in [-0.2, 0) is 0 Å². The first-order valence-electron chi connectivity index (χ1n) is 13.0. The van der Waals surface area contributed by atoms with Crippen LogP contribution in [0.3, 0.4) is 0 Å². The predicted molar refractivity (Wildman–Crippen MR) is 150 cm³/mol. The van der Waals surface area contributed by atoms with E-state index in [0.29, 0.717) is 22.4 Å². The normalized spacial score (nSPS) is 14.2. The van der Waals surface area contributed by atoms with E-state index >= 15 is 0 Å². The zero-order valence-electron chi connectivity index (χ0n) is 23.6. The summed E-state index contributed by atoms with van der Waals surface area (Å²) in [6.07, 6.45) is 0. The number of hydrogen-bond acceptors (Lipinski definition) is 3. The van der Waals surface area contributed by atoms with Gasteiger partial charge in [0.1, 0.15) is 0 Å². The fraction of sp³-hybridized carbons (Fsp3) is 0.600. The van der Waals surface area contributed by atoms with Crippen molar-refractivity contribution >= 4 is 17.9 Å². The number of benzene rings is 2. The third-order valence-corrected chi connectivity index (χ3v) is 9.71. The van der Waals surface area contributed by atoms with Gasteiger partial charge in [0.25, 0.3) is 0 Å². The summed E-state index contributed by atoms with van der Waals surface area (Å²) >= 11 is 0. The summed E-state index contributed by atoms with van der Waals surface area (Å²) in [4.78, 5) is 37.0. The number of hydrogen-bond donors (Lipinski definition) is 3. The molecule has 0 spiro atoms. The molecule has 0 aliphatic heterocycles. The molecular weight excluding hydrogens is 439 g/mol. The molecule has 0 aliphatic rings. The quantitative estimate of drug-likeness (QED) is 0.334. The van der Waals surface area contributed by atoms with Gasteiger partial charge in [-0.15, -0.1) is 0 Å². The first-order chi connectivity index (χ1) is 15.4. The van der Waals surface area contributed by atoms with E-state index in [-0.39, 0.29) is 23.7 Å². The van der Waals surface area contributed by atoms with Crippen LogP contribution in [0, 0.1) is 0 Å². The zero-order valence-corrected chi connectivity index (χ0v) is 24.5. The Labute approximate surface area is 208 Å². The number of rotatable bonds is 8. The Morgan fingerprint density at radius 1 is 0.412 bits per heavy atom. The minimum absolute atomic E-state index is 0.0269.